The van der Waals surface area contributed by atoms with Gasteiger partial charge < -0.3 is 15.3 Å². The first-order valence-corrected chi connectivity index (χ1v) is 11.6. The van der Waals surface area contributed by atoms with Gasteiger partial charge in [0.15, 0.2) is 0 Å². The number of aliphatic hydroxyl groups excluding tert-OH is 1. The van der Waals surface area contributed by atoms with Crippen LogP contribution < -0.4 is 5.32 Å². The number of carbonyl (C=O) groups excluding carboxylic acids is 1. The van der Waals surface area contributed by atoms with E-state index in [4.69, 9.17) is 0 Å². The van der Waals surface area contributed by atoms with Crippen molar-refractivity contribution in [1.82, 2.24) is 15.1 Å². The van der Waals surface area contributed by atoms with Crippen LogP contribution in [0.4, 0.5) is 0 Å². The van der Waals surface area contributed by atoms with Gasteiger partial charge >= 0.3 is 0 Å². The van der Waals surface area contributed by atoms with Gasteiger partial charge in [-0.25, -0.2) is 0 Å². The van der Waals surface area contributed by atoms with E-state index in [0.29, 0.717) is 12.5 Å². The molecule has 0 aromatic heterocycles. The molecular weight excluding hydrogens is 457 g/mol. The molecule has 2 N–H and O–H groups in total. The highest BCUT2D eigenvalue weighted by atomic mass is 35.5. The lowest BCUT2D eigenvalue weighted by Gasteiger charge is -2.43. The van der Waals surface area contributed by atoms with Crippen LogP contribution in [0, 0.1) is 11.3 Å². The number of carbonyl (C=O) groups is 1. The molecule has 0 radical (unpaired) electrons. The number of rotatable bonds is 5. The lowest BCUT2D eigenvalue weighted by atomic mass is 9.71. The van der Waals surface area contributed by atoms with E-state index in [0.717, 1.165) is 57.7 Å². The first-order chi connectivity index (χ1) is 15.2. The maximum Gasteiger partial charge on any atom is 0.233 e. The minimum Gasteiger partial charge on any atom is -0.396 e. The molecule has 1 amide bonds. The Morgan fingerprint density at radius 3 is 2.24 bits per heavy atom. The summed E-state index contributed by atoms with van der Waals surface area (Å²) in [4.78, 5) is 18.6. The highest BCUT2D eigenvalue weighted by Gasteiger charge is 2.54. The minimum atomic E-state index is -0.461. The van der Waals surface area contributed by atoms with Gasteiger partial charge in [0.2, 0.25) is 5.91 Å². The van der Waals surface area contributed by atoms with Crippen LogP contribution >= 0.6 is 24.8 Å². The second kappa shape index (κ2) is 10.7. The third-order valence-corrected chi connectivity index (χ3v) is 7.98. The number of hydrogen-bond acceptors (Lipinski definition) is 4. The summed E-state index contributed by atoms with van der Waals surface area (Å²) in [5, 5.41) is 13.5. The molecular formula is C26H35Cl2N3O2. The van der Waals surface area contributed by atoms with Crippen molar-refractivity contribution in [3.63, 3.8) is 0 Å². The number of halogens is 2. The van der Waals surface area contributed by atoms with Crippen molar-refractivity contribution in [2.24, 2.45) is 11.3 Å². The number of benzene rings is 2. The number of fused-ring (bicyclic) bond motifs is 1. The molecule has 2 atom stereocenters. The summed E-state index contributed by atoms with van der Waals surface area (Å²) in [6.07, 6.45) is 1.68. The first-order valence-electron chi connectivity index (χ1n) is 11.6. The Balaban J connectivity index is 0.00000153. The number of nitrogens with one attached hydrogen (secondary N) is 1. The van der Waals surface area contributed by atoms with Crippen molar-refractivity contribution >= 4 is 30.7 Å². The van der Waals surface area contributed by atoms with Crippen molar-refractivity contribution in [3.05, 3.63) is 71.8 Å². The standard InChI is InChI=1S/C26H33N3O2.2ClH/c30-20-25-18-27-15-23(25)17-29(19-25)24(31)26(22-9-5-2-6-10-22)11-13-28(14-12-26)16-21-7-3-1-4-8-21;;/h1-10,23,27,30H,11-20H2;2*1H. The fourth-order valence-corrected chi connectivity index (χ4v) is 6.02. The smallest absolute Gasteiger partial charge is 0.233 e. The molecule has 3 fully saturated rings. The first kappa shape index (κ1) is 26.0. The van der Waals surface area contributed by atoms with Crippen LogP contribution in [-0.2, 0) is 16.8 Å². The predicted molar refractivity (Wildman–Crippen MR) is 136 cm³/mol. The molecule has 0 spiro atoms. The van der Waals surface area contributed by atoms with E-state index >= 15 is 0 Å². The average molecular weight is 492 g/mol. The Kier molecular flexibility index (Phi) is 8.46. The Morgan fingerprint density at radius 1 is 1.00 bits per heavy atom. The molecule has 180 valence electrons. The van der Waals surface area contributed by atoms with Crippen LogP contribution in [0.3, 0.4) is 0 Å². The van der Waals surface area contributed by atoms with Crippen molar-refractivity contribution in [2.45, 2.75) is 24.8 Å². The number of amides is 1. The molecule has 3 heterocycles. The third-order valence-electron chi connectivity index (χ3n) is 7.98. The van der Waals surface area contributed by atoms with E-state index in [2.05, 4.69) is 69.7 Å². The largest absolute Gasteiger partial charge is 0.396 e. The van der Waals surface area contributed by atoms with Crippen LogP contribution in [0.5, 0.6) is 0 Å². The van der Waals surface area contributed by atoms with Gasteiger partial charge in [0.05, 0.1) is 12.0 Å². The zero-order valence-corrected chi connectivity index (χ0v) is 20.6. The zero-order chi connectivity index (χ0) is 21.3. The van der Waals surface area contributed by atoms with Crippen molar-refractivity contribution in [2.75, 3.05) is 45.9 Å². The van der Waals surface area contributed by atoms with E-state index in [1.54, 1.807) is 0 Å². The average Bonchev–Trinajstić information content (AvgIpc) is 3.38. The number of hydrogen-bond donors (Lipinski definition) is 2. The van der Waals surface area contributed by atoms with Crippen LogP contribution in [0.25, 0.3) is 0 Å². The van der Waals surface area contributed by atoms with Gasteiger partial charge in [0.1, 0.15) is 0 Å². The summed E-state index contributed by atoms with van der Waals surface area (Å²) in [5.41, 5.74) is 1.84. The molecule has 3 aliphatic rings. The van der Waals surface area contributed by atoms with Gasteiger partial charge in [-0.05, 0) is 43.0 Å². The second-order valence-corrected chi connectivity index (χ2v) is 9.74. The van der Waals surface area contributed by atoms with Gasteiger partial charge in [0, 0.05) is 38.1 Å². The summed E-state index contributed by atoms with van der Waals surface area (Å²) in [6.45, 7) is 6.05. The molecule has 2 aromatic rings. The molecule has 3 aliphatic heterocycles. The predicted octanol–water partition coefficient (Wildman–Crippen LogP) is 3.10. The molecule has 5 rings (SSSR count). The van der Waals surface area contributed by atoms with Crippen LogP contribution in [0.15, 0.2) is 60.7 Å². The van der Waals surface area contributed by atoms with Gasteiger partial charge in [-0.1, -0.05) is 60.7 Å². The number of likely N-dealkylation sites (tertiary alicyclic amines) is 2. The summed E-state index contributed by atoms with van der Waals surface area (Å²) in [5.74, 6) is 0.618. The molecule has 0 aliphatic carbocycles. The molecule has 2 unspecified atom stereocenters. The molecule has 3 saturated heterocycles. The SMILES string of the molecule is Cl.Cl.O=C(N1CC2CNCC2(CO)C1)C1(c2ccccc2)CCN(Cc2ccccc2)CC1. The Hall–Kier alpha value is -1.63. The van der Waals surface area contributed by atoms with E-state index in [1.807, 2.05) is 6.07 Å². The summed E-state index contributed by atoms with van der Waals surface area (Å²) in [6, 6.07) is 21.0. The van der Waals surface area contributed by atoms with Gasteiger partial charge in [-0.2, -0.15) is 0 Å². The normalized spacial score (nSPS) is 26.2. The summed E-state index contributed by atoms with van der Waals surface area (Å²) >= 11 is 0. The lowest BCUT2D eigenvalue weighted by molar-refractivity contribution is -0.139. The van der Waals surface area contributed by atoms with Gasteiger partial charge in [0.25, 0.3) is 0 Å². The fourth-order valence-electron chi connectivity index (χ4n) is 6.02. The number of piperidine rings is 1. The third kappa shape index (κ3) is 4.80. The summed E-state index contributed by atoms with van der Waals surface area (Å²) in [7, 11) is 0. The second-order valence-electron chi connectivity index (χ2n) is 9.74. The van der Waals surface area contributed by atoms with E-state index < -0.39 is 5.41 Å². The van der Waals surface area contributed by atoms with Crippen LogP contribution in [-0.4, -0.2) is 66.7 Å². The number of aliphatic hydroxyl groups is 1. The molecule has 33 heavy (non-hydrogen) atoms. The lowest BCUT2D eigenvalue weighted by Crippen LogP contribution is -2.53. The molecule has 2 aromatic carbocycles. The Morgan fingerprint density at radius 2 is 1.64 bits per heavy atom. The summed E-state index contributed by atoms with van der Waals surface area (Å²) < 4.78 is 0. The number of nitrogens with zero attached hydrogens (tertiary/aromatic N) is 2. The Bertz CT molecular complexity index is 906. The van der Waals surface area contributed by atoms with E-state index in [-0.39, 0.29) is 42.7 Å². The molecule has 5 nitrogen and oxygen atoms in total. The zero-order valence-electron chi connectivity index (χ0n) is 19.0. The van der Waals surface area contributed by atoms with Crippen molar-refractivity contribution < 1.29 is 9.90 Å². The maximum absolute atomic E-state index is 14.1. The molecule has 0 saturated carbocycles. The maximum atomic E-state index is 14.1. The fraction of sp³-hybridized carbons (Fsp3) is 0.500. The quantitative estimate of drug-likeness (QED) is 0.674. The van der Waals surface area contributed by atoms with Crippen molar-refractivity contribution in [3.8, 4) is 0 Å². The monoisotopic (exact) mass is 491 g/mol. The van der Waals surface area contributed by atoms with Crippen LogP contribution in [0.2, 0.25) is 0 Å². The highest BCUT2D eigenvalue weighted by molar-refractivity contribution is 5.89. The minimum absolute atomic E-state index is 0. The van der Waals surface area contributed by atoms with E-state index in [1.165, 1.54) is 5.56 Å². The van der Waals surface area contributed by atoms with Gasteiger partial charge in [-0.15, -0.1) is 24.8 Å². The van der Waals surface area contributed by atoms with E-state index in [9.17, 15) is 9.90 Å². The van der Waals surface area contributed by atoms with Gasteiger partial charge in [-0.3, -0.25) is 9.69 Å². The topological polar surface area (TPSA) is 55.8 Å². The van der Waals surface area contributed by atoms with Crippen LogP contribution in [0.1, 0.15) is 24.0 Å². The molecule has 0 bridgehead atoms. The highest BCUT2D eigenvalue weighted by Crippen LogP contribution is 2.43. The molecule has 7 heteroatoms. The Labute approximate surface area is 209 Å². The van der Waals surface area contributed by atoms with Crippen molar-refractivity contribution in [1.29, 1.82) is 0 Å².